The number of hydrogen-bond acceptors (Lipinski definition) is 5. The highest BCUT2D eigenvalue weighted by atomic mass is 16.4. The van der Waals surface area contributed by atoms with Gasteiger partial charge in [0.05, 0.1) is 6.26 Å². The number of furan rings is 1. The van der Waals surface area contributed by atoms with Gasteiger partial charge >= 0.3 is 11.9 Å². The van der Waals surface area contributed by atoms with E-state index in [-0.39, 0.29) is 5.91 Å². The minimum atomic E-state index is -1.82. The summed E-state index contributed by atoms with van der Waals surface area (Å²) in [6.45, 7) is 1.48. The Labute approximate surface area is 127 Å². The van der Waals surface area contributed by atoms with E-state index in [1.807, 2.05) is 0 Å². The van der Waals surface area contributed by atoms with E-state index in [9.17, 15) is 4.79 Å². The van der Waals surface area contributed by atoms with Crippen molar-refractivity contribution >= 4 is 17.8 Å². The highest BCUT2D eigenvalue weighted by molar-refractivity contribution is 6.27. The normalized spacial score (nSPS) is 14.0. The Hall–Kier alpha value is -2.35. The van der Waals surface area contributed by atoms with Crippen molar-refractivity contribution in [3.8, 4) is 0 Å². The van der Waals surface area contributed by atoms with Gasteiger partial charge in [-0.2, -0.15) is 0 Å². The van der Waals surface area contributed by atoms with Crippen molar-refractivity contribution in [2.75, 3.05) is 13.1 Å². The topological polar surface area (TPSA) is 129 Å². The molecule has 0 unspecified atom stereocenters. The van der Waals surface area contributed by atoms with Crippen molar-refractivity contribution in [2.45, 2.75) is 31.7 Å². The first kappa shape index (κ1) is 17.7. The Morgan fingerprint density at radius 2 is 1.77 bits per heavy atom. The highest BCUT2D eigenvalue weighted by Crippen LogP contribution is 2.16. The Balaban J connectivity index is 0.000000346. The largest absolute Gasteiger partial charge is 0.473 e. The van der Waals surface area contributed by atoms with Crippen LogP contribution in [0.4, 0.5) is 0 Å². The summed E-state index contributed by atoms with van der Waals surface area (Å²) in [5.41, 5.74) is 0. The number of carboxylic acids is 2. The predicted octanol–water partition coefficient (Wildman–Crippen LogP) is 0.697. The molecule has 4 N–H and O–H groups in total. The average molecular weight is 312 g/mol. The summed E-state index contributed by atoms with van der Waals surface area (Å²) in [5, 5.41) is 21.0. The Bertz CT molecular complexity index is 468. The molecule has 0 radical (unpaired) electrons. The first-order chi connectivity index (χ1) is 10.5. The molecule has 0 atom stereocenters. The summed E-state index contributed by atoms with van der Waals surface area (Å²) in [7, 11) is 0. The molecule has 1 amide bonds. The molecular formula is C14H20N2O6. The van der Waals surface area contributed by atoms with Gasteiger partial charge in [-0.25, -0.2) is 9.59 Å². The average Bonchev–Trinajstić information content (AvgIpc) is 3.16. The van der Waals surface area contributed by atoms with E-state index >= 15 is 0 Å². The van der Waals surface area contributed by atoms with Gasteiger partial charge in [-0.15, -0.1) is 0 Å². The Morgan fingerprint density at radius 3 is 2.27 bits per heavy atom. The molecule has 1 fully saturated rings. The first-order valence-electron chi connectivity index (χ1n) is 7.02. The van der Waals surface area contributed by atoms with E-state index in [1.165, 1.54) is 31.9 Å². The molecule has 1 aliphatic rings. The lowest BCUT2D eigenvalue weighted by molar-refractivity contribution is -0.159. The van der Waals surface area contributed by atoms with E-state index in [2.05, 4.69) is 10.6 Å². The van der Waals surface area contributed by atoms with Crippen molar-refractivity contribution in [1.82, 2.24) is 10.6 Å². The second-order valence-corrected chi connectivity index (χ2v) is 4.78. The summed E-state index contributed by atoms with van der Waals surface area (Å²) in [5.74, 6) is -3.41. The molecule has 0 spiro atoms. The smallest absolute Gasteiger partial charge is 0.414 e. The van der Waals surface area contributed by atoms with Crippen molar-refractivity contribution in [1.29, 1.82) is 0 Å². The molecule has 1 aromatic rings. The fraction of sp³-hybridized carbons (Fsp3) is 0.500. The Kier molecular flexibility index (Phi) is 7.69. The van der Waals surface area contributed by atoms with Crippen molar-refractivity contribution in [3.63, 3.8) is 0 Å². The third kappa shape index (κ3) is 6.89. The summed E-state index contributed by atoms with van der Waals surface area (Å²) in [4.78, 5) is 29.7. The number of amides is 1. The maximum absolute atomic E-state index is 11.5. The molecule has 0 bridgehead atoms. The number of carbonyl (C=O) groups is 3. The molecule has 8 heteroatoms. The molecule has 1 aromatic heterocycles. The maximum atomic E-state index is 11.5. The maximum Gasteiger partial charge on any atom is 0.414 e. The van der Waals surface area contributed by atoms with Crippen LogP contribution in [0.5, 0.6) is 0 Å². The lowest BCUT2D eigenvalue weighted by Crippen LogP contribution is -2.35. The molecule has 22 heavy (non-hydrogen) atoms. The number of aliphatic carboxylic acids is 2. The third-order valence-corrected chi connectivity index (χ3v) is 3.13. The minimum Gasteiger partial charge on any atom is -0.473 e. The van der Waals surface area contributed by atoms with Crippen LogP contribution in [-0.4, -0.2) is 47.2 Å². The van der Waals surface area contributed by atoms with E-state index in [4.69, 9.17) is 24.2 Å². The van der Waals surface area contributed by atoms with E-state index in [0.717, 1.165) is 6.54 Å². The van der Waals surface area contributed by atoms with Crippen LogP contribution in [0.3, 0.4) is 0 Å². The van der Waals surface area contributed by atoms with Gasteiger partial charge in [-0.1, -0.05) is 12.8 Å². The number of carboxylic acid groups (broad SMARTS) is 2. The van der Waals surface area contributed by atoms with Crippen LogP contribution in [0.25, 0.3) is 0 Å². The molecule has 1 aliphatic carbocycles. The first-order valence-corrected chi connectivity index (χ1v) is 7.02. The number of carbonyl (C=O) groups excluding carboxylic acids is 1. The quantitative estimate of drug-likeness (QED) is 0.465. The molecule has 1 heterocycles. The van der Waals surface area contributed by atoms with E-state index in [0.29, 0.717) is 18.3 Å². The van der Waals surface area contributed by atoms with Gasteiger partial charge in [0, 0.05) is 19.1 Å². The van der Waals surface area contributed by atoms with Crippen LogP contribution >= 0.6 is 0 Å². The minimum absolute atomic E-state index is 0.141. The molecule has 8 nitrogen and oxygen atoms in total. The fourth-order valence-electron chi connectivity index (χ4n) is 2.08. The second kappa shape index (κ2) is 9.56. The monoisotopic (exact) mass is 312 g/mol. The zero-order valence-electron chi connectivity index (χ0n) is 12.1. The van der Waals surface area contributed by atoms with Crippen LogP contribution < -0.4 is 10.6 Å². The van der Waals surface area contributed by atoms with Gasteiger partial charge in [0.25, 0.3) is 5.91 Å². The summed E-state index contributed by atoms with van der Waals surface area (Å²) in [6, 6.07) is 4.03. The number of rotatable bonds is 5. The van der Waals surface area contributed by atoms with Gasteiger partial charge in [-0.05, 0) is 25.0 Å². The third-order valence-electron chi connectivity index (χ3n) is 3.13. The van der Waals surface area contributed by atoms with Crippen LogP contribution in [-0.2, 0) is 9.59 Å². The molecular weight excluding hydrogens is 292 g/mol. The standard InChI is InChI=1S/C12H18N2O2.C2H2O4/c15-12(11-6-3-9-16-11)14-8-7-13-10-4-1-2-5-10;3-1(4)2(5)6/h3,6,9-10,13H,1-2,4-5,7-8H2,(H,14,15);(H,3,4)(H,5,6). The number of hydrogen-bond donors (Lipinski definition) is 4. The van der Waals surface area contributed by atoms with Gasteiger partial charge in [0.2, 0.25) is 0 Å². The van der Waals surface area contributed by atoms with Crippen LogP contribution in [0.2, 0.25) is 0 Å². The van der Waals surface area contributed by atoms with E-state index in [1.54, 1.807) is 12.1 Å². The van der Waals surface area contributed by atoms with Gasteiger partial charge in [0.15, 0.2) is 5.76 Å². The van der Waals surface area contributed by atoms with Crippen molar-refractivity contribution in [2.24, 2.45) is 0 Å². The Morgan fingerprint density at radius 1 is 1.14 bits per heavy atom. The van der Waals surface area contributed by atoms with Crippen molar-refractivity contribution in [3.05, 3.63) is 24.2 Å². The zero-order valence-corrected chi connectivity index (χ0v) is 12.1. The van der Waals surface area contributed by atoms with E-state index < -0.39 is 11.9 Å². The molecule has 0 aromatic carbocycles. The fourth-order valence-corrected chi connectivity index (χ4v) is 2.08. The predicted molar refractivity (Wildman–Crippen MR) is 76.6 cm³/mol. The zero-order chi connectivity index (χ0) is 16.4. The molecule has 1 saturated carbocycles. The molecule has 0 saturated heterocycles. The molecule has 2 rings (SSSR count). The van der Waals surface area contributed by atoms with Crippen LogP contribution in [0.1, 0.15) is 36.2 Å². The summed E-state index contributed by atoms with van der Waals surface area (Å²) < 4.78 is 4.99. The summed E-state index contributed by atoms with van der Waals surface area (Å²) in [6.07, 6.45) is 6.71. The lowest BCUT2D eigenvalue weighted by Gasteiger charge is -2.11. The van der Waals surface area contributed by atoms with Gasteiger partial charge in [-0.3, -0.25) is 4.79 Å². The van der Waals surface area contributed by atoms with Crippen LogP contribution in [0.15, 0.2) is 22.8 Å². The highest BCUT2D eigenvalue weighted by Gasteiger charge is 2.13. The van der Waals surface area contributed by atoms with Crippen LogP contribution in [0, 0.1) is 0 Å². The number of nitrogens with one attached hydrogen (secondary N) is 2. The van der Waals surface area contributed by atoms with Crippen molar-refractivity contribution < 1.29 is 29.0 Å². The molecule has 0 aliphatic heterocycles. The van der Waals surface area contributed by atoms with Gasteiger partial charge in [0.1, 0.15) is 0 Å². The SMILES string of the molecule is O=C(NCCNC1CCCC1)c1ccco1.O=C(O)C(=O)O. The summed E-state index contributed by atoms with van der Waals surface area (Å²) >= 11 is 0. The lowest BCUT2D eigenvalue weighted by atomic mass is 10.2. The molecule has 122 valence electrons. The second-order valence-electron chi connectivity index (χ2n) is 4.78. The van der Waals surface area contributed by atoms with Gasteiger partial charge < -0.3 is 25.3 Å².